The van der Waals surface area contributed by atoms with Gasteiger partial charge in [0.15, 0.2) is 6.10 Å². The van der Waals surface area contributed by atoms with Crippen molar-refractivity contribution in [3.8, 4) is 0 Å². The van der Waals surface area contributed by atoms with Crippen LogP contribution in [0.3, 0.4) is 0 Å². The quantitative estimate of drug-likeness (QED) is 0.0262. The highest BCUT2D eigenvalue weighted by Gasteiger charge is 2.19. The lowest BCUT2D eigenvalue weighted by Crippen LogP contribution is -2.30. The molecule has 0 aromatic carbocycles. The van der Waals surface area contributed by atoms with Crippen molar-refractivity contribution >= 4 is 17.9 Å². The molecule has 0 aliphatic carbocycles. The number of hydrogen-bond acceptors (Lipinski definition) is 6. The maximum absolute atomic E-state index is 12.9. The summed E-state index contributed by atoms with van der Waals surface area (Å²) in [6, 6.07) is 0. The van der Waals surface area contributed by atoms with Crippen LogP contribution in [-0.2, 0) is 28.6 Å². The summed E-state index contributed by atoms with van der Waals surface area (Å²) >= 11 is 0. The molecule has 6 heteroatoms. The van der Waals surface area contributed by atoms with Crippen LogP contribution in [0, 0.1) is 0 Å². The first-order chi connectivity index (χ1) is 34.0. The average molecular weight is 966 g/mol. The number of ether oxygens (including phenoxy) is 3. The van der Waals surface area contributed by atoms with Gasteiger partial charge in [-0.2, -0.15) is 0 Å². The summed E-state index contributed by atoms with van der Waals surface area (Å²) in [7, 11) is 0. The first-order valence-corrected chi connectivity index (χ1v) is 29.8. The highest BCUT2D eigenvalue weighted by molar-refractivity contribution is 5.71. The lowest BCUT2D eigenvalue weighted by Gasteiger charge is -2.18. The summed E-state index contributed by atoms with van der Waals surface area (Å²) in [6.07, 6.45) is 72.2. The second-order valence-electron chi connectivity index (χ2n) is 19.9. The second-order valence-corrected chi connectivity index (χ2v) is 19.9. The van der Waals surface area contributed by atoms with Gasteiger partial charge in [0.1, 0.15) is 13.2 Å². The van der Waals surface area contributed by atoms with Crippen LogP contribution in [0.5, 0.6) is 0 Å². The molecule has 0 fully saturated rings. The van der Waals surface area contributed by atoms with Gasteiger partial charge in [-0.1, -0.05) is 287 Å². The zero-order valence-corrected chi connectivity index (χ0v) is 45.8. The molecule has 0 saturated heterocycles. The molecule has 0 aromatic heterocycles. The number of hydrogen-bond donors (Lipinski definition) is 0. The Balaban J connectivity index is 4.44. The Labute approximate surface area is 428 Å². The maximum Gasteiger partial charge on any atom is 0.306 e. The van der Waals surface area contributed by atoms with E-state index < -0.39 is 6.10 Å². The first kappa shape index (κ1) is 66.1. The van der Waals surface area contributed by atoms with E-state index in [9.17, 15) is 14.4 Å². The van der Waals surface area contributed by atoms with Gasteiger partial charge in [0, 0.05) is 19.3 Å². The smallest absolute Gasteiger partial charge is 0.306 e. The number of unbranched alkanes of at least 4 members (excludes halogenated alkanes) is 33. The lowest BCUT2D eigenvalue weighted by atomic mass is 10.0. The van der Waals surface area contributed by atoms with Crippen LogP contribution in [0.15, 0.2) is 60.8 Å². The van der Waals surface area contributed by atoms with Gasteiger partial charge >= 0.3 is 17.9 Å². The Bertz CT molecular complexity index is 1250. The van der Waals surface area contributed by atoms with Crippen LogP contribution >= 0.6 is 0 Å². The van der Waals surface area contributed by atoms with Gasteiger partial charge in [-0.25, -0.2) is 0 Å². The molecule has 0 aliphatic rings. The van der Waals surface area contributed by atoms with Crippen molar-refractivity contribution in [2.45, 2.75) is 309 Å². The molecule has 0 unspecified atom stereocenters. The minimum atomic E-state index is -0.801. The van der Waals surface area contributed by atoms with E-state index >= 15 is 0 Å². The van der Waals surface area contributed by atoms with E-state index in [1.165, 1.54) is 193 Å². The third-order valence-electron chi connectivity index (χ3n) is 13.0. The summed E-state index contributed by atoms with van der Waals surface area (Å²) in [5, 5.41) is 0. The van der Waals surface area contributed by atoms with Crippen LogP contribution in [0.25, 0.3) is 0 Å². The third-order valence-corrected chi connectivity index (χ3v) is 13.0. The van der Waals surface area contributed by atoms with Crippen LogP contribution in [0.2, 0.25) is 0 Å². The first-order valence-electron chi connectivity index (χ1n) is 29.8. The van der Waals surface area contributed by atoms with E-state index in [0.29, 0.717) is 19.3 Å². The van der Waals surface area contributed by atoms with Gasteiger partial charge < -0.3 is 14.2 Å². The highest BCUT2D eigenvalue weighted by atomic mass is 16.6. The monoisotopic (exact) mass is 965 g/mol. The molecule has 0 heterocycles. The van der Waals surface area contributed by atoms with Crippen molar-refractivity contribution in [2.24, 2.45) is 0 Å². The fourth-order valence-electron chi connectivity index (χ4n) is 8.55. The molecule has 0 bridgehead atoms. The Morgan fingerprint density at radius 2 is 0.551 bits per heavy atom. The molecule has 1 atom stereocenters. The van der Waals surface area contributed by atoms with Crippen molar-refractivity contribution in [3.05, 3.63) is 60.8 Å². The topological polar surface area (TPSA) is 78.9 Å². The van der Waals surface area contributed by atoms with E-state index in [4.69, 9.17) is 14.2 Å². The Hall–Kier alpha value is -2.89. The van der Waals surface area contributed by atoms with Crippen LogP contribution in [-0.4, -0.2) is 37.2 Å². The number of carbonyl (C=O) groups excluding carboxylic acids is 3. The van der Waals surface area contributed by atoms with Gasteiger partial charge in [0.25, 0.3) is 0 Å². The highest BCUT2D eigenvalue weighted by Crippen LogP contribution is 2.17. The Morgan fingerprint density at radius 3 is 0.899 bits per heavy atom. The molecule has 6 nitrogen and oxygen atoms in total. The second kappa shape index (κ2) is 57.7. The molecule has 0 amide bonds. The molecule has 0 radical (unpaired) electrons. The van der Waals surface area contributed by atoms with Crippen molar-refractivity contribution in [1.29, 1.82) is 0 Å². The average Bonchev–Trinajstić information content (AvgIpc) is 3.35. The van der Waals surface area contributed by atoms with E-state index in [0.717, 1.165) is 64.2 Å². The molecule has 0 aromatic rings. The van der Waals surface area contributed by atoms with Gasteiger partial charge in [0.05, 0.1) is 0 Å². The Morgan fingerprint density at radius 1 is 0.290 bits per heavy atom. The number of carbonyl (C=O) groups is 3. The van der Waals surface area contributed by atoms with Gasteiger partial charge in [-0.15, -0.1) is 0 Å². The largest absolute Gasteiger partial charge is 0.462 e. The molecule has 0 N–H and O–H groups in total. The fourth-order valence-corrected chi connectivity index (χ4v) is 8.55. The number of esters is 3. The number of rotatable bonds is 54. The molecular formula is C63H112O6. The molecular weight excluding hydrogens is 853 g/mol. The third kappa shape index (κ3) is 55.9. The van der Waals surface area contributed by atoms with Crippen LogP contribution in [0.1, 0.15) is 303 Å². The van der Waals surface area contributed by atoms with E-state index in [1.807, 2.05) is 6.08 Å². The Kier molecular flexibility index (Phi) is 55.3. The minimum absolute atomic E-state index is 0.0926. The van der Waals surface area contributed by atoms with Gasteiger partial charge in [-0.3, -0.25) is 14.4 Å². The van der Waals surface area contributed by atoms with Crippen molar-refractivity contribution in [1.82, 2.24) is 0 Å². The summed E-state index contributed by atoms with van der Waals surface area (Å²) in [5.74, 6) is -0.963. The zero-order chi connectivity index (χ0) is 50.0. The van der Waals surface area contributed by atoms with Gasteiger partial charge in [-0.05, 0) is 57.8 Å². The van der Waals surface area contributed by atoms with E-state index in [2.05, 4.69) is 75.5 Å². The normalized spacial score (nSPS) is 12.4. The summed E-state index contributed by atoms with van der Waals surface area (Å²) in [5.41, 5.74) is 0. The van der Waals surface area contributed by atoms with Crippen molar-refractivity contribution in [3.63, 3.8) is 0 Å². The predicted octanol–water partition coefficient (Wildman–Crippen LogP) is 20.0. The van der Waals surface area contributed by atoms with E-state index in [1.54, 1.807) is 0 Å². The number of allylic oxidation sites excluding steroid dienone is 10. The van der Waals surface area contributed by atoms with Crippen LogP contribution < -0.4 is 0 Å². The maximum atomic E-state index is 12.9. The molecule has 0 rings (SSSR count). The molecule has 400 valence electrons. The SMILES string of the molecule is CCCCC/C=C\C/C=C\C/C=C\C/C=C\C/C=C\CCC(=O)OC[C@H](COC(=O)CCCCCCCCCCCCCCCCCCC)OC(=O)CCCCCCCCCCCCCCCCC. The molecule has 0 spiro atoms. The van der Waals surface area contributed by atoms with E-state index in [-0.39, 0.29) is 37.5 Å². The summed E-state index contributed by atoms with van der Waals surface area (Å²) in [4.78, 5) is 38.2. The zero-order valence-electron chi connectivity index (χ0n) is 45.8. The van der Waals surface area contributed by atoms with Crippen molar-refractivity contribution < 1.29 is 28.6 Å². The molecule has 0 saturated carbocycles. The lowest BCUT2D eigenvalue weighted by molar-refractivity contribution is -0.166. The standard InChI is InChI=1S/C63H112O6/c1-4-7-10-13-16-19-22-25-28-30-31-33-36-38-41-44-47-50-53-56-62(65)68-59-60(69-63(66)57-54-51-48-45-42-39-34-27-24-21-18-15-12-9-6-3)58-67-61(64)55-52-49-46-43-40-37-35-32-29-26-23-20-17-14-11-8-5-2/h16,19,25,28,31,33,38,41,47,50,60H,4-15,17-18,20-24,26-27,29-30,32,34-37,39-40,42-46,48-49,51-59H2,1-3H3/b19-16-,28-25-,33-31-,41-38-,50-47-/t60-/m0/s1. The minimum Gasteiger partial charge on any atom is -0.462 e. The fraction of sp³-hybridized carbons (Fsp3) is 0.794. The molecule has 69 heavy (non-hydrogen) atoms. The van der Waals surface area contributed by atoms with Crippen LogP contribution in [0.4, 0.5) is 0 Å². The van der Waals surface area contributed by atoms with Gasteiger partial charge in [0.2, 0.25) is 0 Å². The van der Waals surface area contributed by atoms with Crippen molar-refractivity contribution in [2.75, 3.05) is 13.2 Å². The predicted molar refractivity (Wildman–Crippen MR) is 298 cm³/mol. The molecule has 0 aliphatic heterocycles. The summed E-state index contributed by atoms with van der Waals surface area (Å²) in [6.45, 7) is 6.59. The summed E-state index contributed by atoms with van der Waals surface area (Å²) < 4.78 is 16.8.